The van der Waals surface area contributed by atoms with Gasteiger partial charge < -0.3 is 5.32 Å². The highest BCUT2D eigenvalue weighted by molar-refractivity contribution is 9.10. The van der Waals surface area contributed by atoms with Gasteiger partial charge in [-0.05, 0) is 18.2 Å². The zero-order valence-corrected chi connectivity index (χ0v) is 11.2. The van der Waals surface area contributed by atoms with Gasteiger partial charge in [0.1, 0.15) is 6.07 Å². The predicted molar refractivity (Wildman–Crippen MR) is 74.8 cm³/mol. The van der Waals surface area contributed by atoms with Gasteiger partial charge in [-0.2, -0.15) is 10.4 Å². The Morgan fingerprint density at radius 3 is 3.06 bits per heavy atom. The van der Waals surface area contributed by atoms with Crippen LogP contribution in [0.15, 0.2) is 41.6 Å². The summed E-state index contributed by atoms with van der Waals surface area (Å²) < 4.78 is 2.54. The lowest BCUT2D eigenvalue weighted by atomic mass is 10.2. The lowest BCUT2D eigenvalue weighted by molar-refractivity contribution is 0.936. The monoisotopic (exact) mass is 302 g/mol. The van der Waals surface area contributed by atoms with E-state index in [1.807, 2.05) is 18.3 Å². The predicted octanol–water partition coefficient (Wildman–Crippen LogP) is 3.23. The highest BCUT2D eigenvalue weighted by Crippen LogP contribution is 2.20. The summed E-state index contributed by atoms with van der Waals surface area (Å²) in [6.45, 7) is 4.25. The van der Waals surface area contributed by atoms with Gasteiger partial charge in [0.15, 0.2) is 0 Å². The second-order valence-electron chi connectivity index (χ2n) is 3.67. The summed E-state index contributed by atoms with van der Waals surface area (Å²) >= 11 is 3.34. The molecular formula is C13H11BrN4. The van der Waals surface area contributed by atoms with Crippen LogP contribution in [0.3, 0.4) is 0 Å². The molecule has 1 N–H and O–H groups in total. The van der Waals surface area contributed by atoms with Crippen LogP contribution in [0.2, 0.25) is 0 Å². The van der Waals surface area contributed by atoms with E-state index in [4.69, 9.17) is 5.26 Å². The number of benzene rings is 1. The lowest BCUT2D eigenvalue weighted by Crippen LogP contribution is -2.00. The maximum absolute atomic E-state index is 9.04. The largest absolute Gasteiger partial charge is 0.380 e. The van der Waals surface area contributed by atoms with Gasteiger partial charge >= 0.3 is 0 Å². The molecule has 2 aromatic rings. The second-order valence-corrected chi connectivity index (χ2v) is 4.58. The number of aromatic nitrogens is 2. The quantitative estimate of drug-likeness (QED) is 0.943. The van der Waals surface area contributed by atoms with Gasteiger partial charge in [0.05, 0.1) is 17.4 Å². The molecule has 0 bridgehead atoms. The molecule has 0 aliphatic carbocycles. The third-order valence-electron chi connectivity index (χ3n) is 2.43. The number of anilines is 1. The van der Waals surface area contributed by atoms with Gasteiger partial charge in [-0.15, -0.1) is 0 Å². The van der Waals surface area contributed by atoms with Gasteiger partial charge in [-0.1, -0.05) is 22.5 Å². The molecule has 0 fully saturated rings. The molecule has 0 aliphatic rings. The van der Waals surface area contributed by atoms with E-state index in [1.54, 1.807) is 23.1 Å². The Bertz CT molecular complexity index is 610. The fourth-order valence-corrected chi connectivity index (χ4v) is 1.89. The molecule has 90 valence electrons. The van der Waals surface area contributed by atoms with Crippen molar-refractivity contribution in [1.29, 1.82) is 5.26 Å². The van der Waals surface area contributed by atoms with Gasteiger partial charge in [-0.3, -0.25) is 0 Å². The molecule has 0 saturated heterocycles. The first-order chi connectivity index (χ1) is 8.72. The normalized spacial score (nSPS) is 9.78. The number of rotatable bonds is 4. The summed E-state index contributed by atoms with van der Waals surface area (Å²) in [5.74, 6) is 0. The van der Waals surface area contributed by atoms with Crippen molar-refractivity contribution in [3.05, 3.63) is 52.8 Å². The maximum atomic E-state index is 9.04. The Morgan fingerprint density at radius 2 is 2.39 bits per heavy atom. The number of halogens is 1. The van der Waals surface area contributed by atoms with Crippen LogP contribution in [0, 0.1) is 11.3 Å². The van der Waals surface area contributed by atoms with E-state index in [1.165, 1.54) is 0 Å². The first kappa shape index (κ1) is 12.4. The molecule has 1 aromatic carbocycles. The minimum Gasteiger partial charge on any atom is -0.380 e. The van der Waals surface area contributed by atoms with Crippen LogP contribution in [0.1, 0.15) is 11.1 Å². The maximum Gasteiger partial charge on any atom is 0.101 e. The molecule has 5 heteroatoms. The highest BCUT2D eigenvalue weighted by Gasteiger charge is 2.03. The molecule has 0 aliphatic heterocycles. The van der Waals surface area contributed by atoms with Gasteiger partial charge in [0.2, 0.25) is 0 Å². The van der Waals surface area contributed by atoms with Gasteiger partial charge in [0, 0.05) is 29.0 Å². The van der Waals surface area contributed by atoms with Crippen LogP contribution in [0.5, 0.6) is 0 Å². The van der Waals surface area contributed by atoms with Gasteiger partial charge in [-0.25, -0.2) is 4.68 Å². The molecule has 0 radical (unpaired) electrons. The molecule has 1 aromatic heterocycles. The van der Waals surface area contributed by atoms with Crippen LogP contribution in [0.4, 0.5) is 5.69 Å². The van der Waals surface area contributed by atoms with E-state index in [0.717, 1.165) is 15.7 Å². The lowest BCUT2D eigenvalue weighted by Gasteiger charge is -2.06. The average Bonchev–Trinajstić information content (AvgIpc) is 2.85. The number of nitriles is 1. The number of hydrogen-bond acceptors (Lipinski definition) is 3. The minimum atomic E-state index is 0.612. The van der Waals surface area contributed by atoms with E-state index in [0.29, 0.717) is 12.1 Å². The van der Waals surface area contributed by atoms with E-state index in [9.17, 15) is 0 Å². The standard InChI is InChI=1S/C13H11BrN4/c1-2-18-9-10(8-17-18)7-16-13-4-3-12(14)5-11(13)6-15/h2-5,8-9,16H,1,7H2. The second kappa shape index (κ2) is 5.52. The molecule has 0 unspecified atom stereocenters. The van der Waals surface area contributed by atoms with Crippen molar-refractivity contribution in [3.8, 4) is 6.07 Å². The minimum absolute atomic E-state index is 0.612. The summed E-state index contributed by atoms with van der Waals surface area (Å²) in [6, 6.07) is 7.72. The molecule has 0 spiro atoms. The summed E-state index contributed by atoms with van der Waals surface area (Å²) in [5.41, 5.74) is 2.45. The Balaban J connectivity index is 2.10. The third-order valence-corrected chi connectivity index (χ3v) is 2.92. The topological polar surface area (TPSA) is 53.6 Å². The number of nitrogens with zero attached hydrogens (tertiary/aromatic N) is 3. The van der Waals surface area contributed by atoms with Crippen molar-refractivity contribution in [1.82, 2.24) is 9.78 Å². The van der Waals surface area contributed by atoms with Crippen LogP contribution >= 0.6 is 15.9 Å². The van der Waals surface area contributed by atoms with E-state index >= 15 is 0 Å². The van der Waals surface area contributed by atoms with Crippen molar-refractivity contribution in [2.24, 2.45) is 0 Å². The Labute approximate surface area is 114 Å². The number of nitrogens with one attached hydrogen (secondary N) is 1. The summed E-state index contributed by atoms with van der Waals surface area (Å²) in [4.78, 5) is 0. The average molecular weight is 303 g/mol. The molecule has 0 saturated carbocycles. The molecule has 18 heavy (non-hydrogen) atoms. The zero-order valence-electron chi connectivity index (χ0n) is 9.60. The van der Waals surface area contributed by atoms with Crippen LogP contribution < -0.4 is 5.32 Å². The van der Waals surface area contributed by atoms with Crippen molar-refractivity contribution in [2.45, 2.75) is 6.54 Å². The van der Waals surface area contributed by atoms with Gasteiger partial charge in [0.25, 0.3) is 0 Å². The Hall–Kier alpha value is -2.06. The first-order valence-corrected chi connectivity index (χ1v) is 6.11. The molecule has 1 heterocycles. The Morgan fingerprint density at radius 1 is 1.56 bits per heavy atom. The molecule has 0 atom stereocenters. The fraction of sp³-hybridized carbons (Fsp3) is 0.0769. The van der Waals surface area contributed by atoms with Crippen LogP contribution in [-0.2, 0) is 6.54 Å². The Kier molecular flexibility index (Phi) is 3.80. The molecule has 2 rings (SSSR count). The van der Waals surface area contributed by atoms with E-state index in [2.05, 4.69) is 39.0 Å². The third kappa shape index (κ3) is 2.79. The summed E-state index contributed by atoms with van der Waals surface area (Å²) in [6.07, 6.45) is 5.27. The molecular weight excluding hydrogens is 292 g/mol. The molecule has 0 amide bonds. The summed E-state index contributed by atoms with van der Waals surface area (Å²) in [5, 5.41) is 16.3. The van der Waals surface area contributed by atoms with E-state index in [-0.39, 0.29) is 0 Å². The van der Waals surface area contributed by atoms with Crippen LogP contribution in [-0.4, -0.2) is 9.78 Å². The first-order valence-electron chi connectivity index (χ1n) is 5.32. The fourth-order valence-electron chi connectivity index (χ4n) is 1.53. The zero-order chi connectivity index (χ0) is 13.0. The molecule has 4 nitrogen and oxygen atoms in total. The van der Waals surface area contributed by atoms with Crippen molar-refractivity contribution < 1.29 is 0 Å². The smallest absolute Gasteiger partial charge is 0.101 e. The van der Waals surface area contributed by atoms with Crippen molar-refractivity contribution in [3.63, 3.8) is 0 Å². The van der Waals surface area contributed by atoms with Crippen LogP contribution in [0.25, 0.3) is 6.20 Å². The van der Waals surface area contributed by atoms with Crippen molar-refractivity contribution >= 4 is 27.8 Å². The summed E-state index contributed by atoms with van der Waals surface area (Å²) in [7, 11) is 0. The van der Waals surface area contributed by atoms with Crippen molar-refractivity contribution in [2.75, 3.05) is 5.32 Å². The van der Waals surface area contributed by atoms with E-state index < -0.39 is 0 Å². The highest BCUT2D eigenvalue weighted by atomic mass is 79.9. The SMILES string of the molecule is C=Cn1cc(CNc2ccc(Br)cc2C#N)cn1. The number of hydrogen-bond donors (Lipinski definition) is 1.